The standard InChI is InChI=1S/C18H19N3O/c1-18(2,3)14-11-9-13(10-12-14)16-19-17(22)20-21(16)15-7-5-4-6-8-15/h4-12H,1-3H3,(H,20,22). The van der Waals surface area contributed by atoms with Crippen molar-refractivity contribution in [2.24, 2.45) is 0 Å². The van der Waals surface area contributed by atoms with Crippen LogP contribution in [0.5, 0.6) is 0 Å². The summed E-state index contributed by atoms with van der Waals surface area (Å²) in [4.78, 5) is 15.8. The van der Waals surface area contributed by atoms with E-state index in [-0.39, 0.29) is 11.1 Å². The van der Waals surface area contributed by atoms with Gasteiger partial charge in [-0.15, -0.1) is 0 Å². The molecule has 0 radical (unpaired) electrons. The van der Waals surface area contributed by atoms with Gasteiger partial charge in [-0.25, -0.2) is 14.6 Å². The zero-order chi connectivity index (χ0) is 15.7. The minimum absolute atomic E-state index is 0.100. The lowest BCUT2D eigenvalue weighted by Crippen LogP contribution is -2.10. The molecule has 4 heteroatoms. The van der Waals surface area contributed by atoms with Crippen molar-refractivity contribution in [3.05, 3.63) is 70.6 Å². The van der Waals surface area contributed by atoms with Crippen molar-refractivity contribution in [3.8, 4) is 17.1 Å². The molecule has 22 heavy (non-hydrogen) atoms. The smallest absolute Gasteiger partial charge is 0.244 e. The second-order valence-electron chi connectivity index (χ2n) is 6.35. The number of hydrogen-bond acceptors (Lipinski definition) is 2. The van der Waals surface area contributed by atoms with Crippen molar-refractivity contribution in [2.75, 3.05) is 0 Å². The summed E-state index contributed by atoms with van der Waals surface area (Å²) < 4.78 is 1.72. The molecular formula is C18H19N3O. The topological polar surface area (TPSA) is 50.7 Å². The molecule has 0 saturated carbocycles. The third-order valence-electron chi connectivity index (χ3n) is 3.65. The number of rotatable bonds is 2. The lowest BCUT2D eigenvalue weighted by Gasteiger charge is -2.19. The molecular weight excluding hydrogens is 274 g/mol. The van der Waals surface area contributed by atoms with Gasteiger partial charge in [0.2, 0.25) is 0 Å². The highest BCUT2D eigenvalue weighted by Gasteiger charge is 2.15. The predicted molar refractivity (Wildman–Crippen MR) is 88.3 cm³/mol. The number of hydrogen-bond donors (Lipinski definition) is 1. The van der Waals surface area contributed by atoms with Crippen molar-refractivity contribution in [3.63, 3.8) is 0 Å². The molecule has 1 heterocycles. The number of nitrogens with zero attached hydrogens (tertiary/aromatic N) is 2. The van der Waals surface area contributed by atoms with Crippen LogP contribution in [0.1, 0.15) is 26.3 Å². The van der Waals surface area contributed by atoms with Crippen molar-refractivity contribution in [1.82, 2.24) is 14.8 Å². The molecule has 4 nitrogen and oxygen atoms in total. The average Bonchev–Trinajstić information content (AvgIpc) is 2.89. The van der Waals surface area contributed by atoms with E-state index in [9.17, 15) is 4.79 Å². The molecule has 0 saturated heterocycles. The van der Waals surface area contributed by atoms with Crippen molar-refractivity contribution < 1.29 is 0 Å². The van der Waals surface area contributed by atoms with E-state index >= 15 is 0 Å². The van der Waals surface area contributed by atoms with Crippen molar-refractivity contribution >= 4 is 0 Å². The van der Waals surface area contributed by atoms with E-state index in [1.165, 1.54) is 5.56 Å². The molecule has 112 valence electrons. The number of benzene rings is 2. The quantitative estimate of drug-likeness (QED) is 0.786. The molecule has 1 N–H and O–H groups in total. The van der Waals surface area contributed by atoms with E-state index < -0.39 is 0 Å². The van der Waals surface area contributed by atoms with Crippen LogP contribution in [0.4, 0.5) is 0 Å². The first-order chi connectivity index (χ1) is 10.4. The highest BCUT2D eigenvalue weighted by molar-refractivity contribution is 5.58. The number of H-pyrrole nitrogens is 1. The van der Waals surface area contributed by atoms with Crippen LogP contribution in [-0.2, 0) is 5.41 Å². The van der Waals surface area contributed by atoms with Crippen molar-refractivity contribution in [2.45, 2.75) is 26.2 Å². The van der Waals surface area contributed by atoms with Gasteiger partial charge < -0.3 is 0 Å². The Morgan fingerprint density at radius 3 is 2.18 bits per heavy atom. The first-order valence-corrected chi connectivity index (χ1v) is 7.30. The van der Waals surface area contributed by atoms with Gasteiger partial charge >= 0.3 is 5.69 Å². The first-order valence-electron chi connectivity index (χ1n) is 7.30. The summed E-state index contributed by atoms with van der Waals surface area (Å²) in [5.74, 6) is 0.622. The Morgan fingerprint density at radius 1 is 0.955 bits per heavy atom. The summed E-state index contributed by atoms with van der Waals surface area (Å²) in [5.41, 5.74) is 2.80. The fourth-order valence-corrected chi connectivity index (χ4v) is 2.40. The van der Waals surface area contributed by atoms with Gasteiger partial charge in [0.05, 0.1) is 5.69 Å². The number of nitrogens with one attached hydrogen (secondary N) is 1. The van der Waals surface area contributed by atoms with Gasteiger partial charge in [-0.3, -0.25) is 0 Å². The summed E-state index contributed by atoms with van der Waals surface area (Å²) in [6.07, 6.45) is 0. The van der Waals surface area contributed by atoms with E-state index in [1.807, 2.05) is 42.5 Å². The SMILES string of the molecule is CC(C)(C)c1ccc(-c2nc(=O)[nH]n2-c2ccccc2)cc1. The van der Waals surface area contributed by atoms with Gasteiger partial charge in [0.15, 0.2) is 5.82 Å². The van der Waals surface area contributed by atoms with Crippen LogP contribution in [-0.4, -0.2) is 14.8 Å². The third kappa shape index (κ3) is 2.72. The maximum absolute atomic E-state index is 11.7. The monoisotopic (exact) mass is 293 g/mol. The highest BCUT2D eigenvalue weighted by Crippen LogP contribution is 2.25. The van der Waals surface area contributed by atoms with Gasteiger partial charge in [0.25, 0.3) is 0 Å². The maximum Gasteiger partial charge on any atom is 0.362 e. The third-order valence-corrected chi connectivity index (χ3v) is 3.65. The number of para-hydroxylation sites is 1. The molecule has 2 aromatic carbocycles. The summed E-state index contributed by atoms with van der Waals surface area (Å²) >= 11 is 0. The van der Waals surface area contributed by atoms with Gasteiger partial charge in [-0.1, -0.05) is 63.2 Å². The van der Waals surface area contributed by atoms with Crippen LogP contribution in [0.25, 0.3) is 17.1 Å². The minimum Gasteiger partial charge on any atom is -0.244 e. The summed E-state index contributed by atoms with van der Waals surface area (Å²) in [6.45, 7) is 6.53. The van der Waals surface area contributed by atoms with Gasteiger partial charge in [0.1, 0.15) is 0 Å². The zero-order valence-electron chi connectivity index (χ0n) is 13.0. The molecule has 0 aliphatic heterocycles. The molecule has 3 rings (SSSR count). The second kappa shape index (κ2) is 5.30. The molecule has 0 spiro atoms. The Bertz CT molecular complexity index is 821. The number of aromatic nitrogens is 3. The number of aromatic amines is 1. The minimum atomic E-state index is -0.348. The summed E-state index contributed by atoms with van der Waals surface area (Å²) in [6, 6.07) is 17.9. The van der Waals surface area contributed by atoms with E-state index in [1.54, 1.807) is 4.68 Å². The Labute approximate surface area is 129 Å². The first kappa shape index (κ1) is 14.3. The molecule has 0 bridgehead atoms. The fraction of sp³-hybridized carbons (Fsp3) is 0.222. The van der Waals surface area contributed by atoms with Gasteiger partial charge in [0, 0.05) is 5.56 Å². The van der Waals surface area contributed by atoms with E-state index in [4.69, 9.17) is 0 Å². The predicted octanol–water partition coefficient (Wildman–Crippen LogP) is 3.53. The average molecular weight is 293 g/mol. The second-order valence-corrected chi connectivity index (χ2v) is 6.35. The largest absolute Gasteiger partial charge is 0.362 e. The van der Waals surface area contributed by atoms with E-state index in [2.05, 4.69) is 43.0 Å². The normalized spacial score (nSPS) is 11.6. The van der Waals surface area contributed by atoms with E-state index in [0.717, 1.165) is 11.3 Å². The fourth-order valence-electron chi connectivity index (χ4n) is 2.40. The van der Waals surface area contributed by atoms with Crippen LogP contribution < -0.4 is 5.69 Å². The lowest BCUT2D eigenvalue weighted by molar-refractivity contribution is 0.590. The molecule has 0 atom stereocenters. The Morgan fingerprint density at radius 2 is 1.59 bits per heavy atom. The van der Waals surface area contributed by atoms with Crippen LogP contribution >= 0.6 is 0 Å². The van der Waals surface area contributed by atoms with Crippen LogP contribution in [0.15, 0.2) is 59.4 Å². The Hall–Kier alpha value is -2.62. The van der Waals surface area contributed by atoms with Gasteiger partial charge in [-0.05, 0) is 23.1 Å². The zero-order valence-corrected chi connectivity index (χ0v) is 13.0. The van der Waals surface area contributed by atoms with E-state index in [0.29, 0.717) is 5.82 Å². The molecule has 0 unspecified atom stereocenters. The molecule has 3 aromatic rings. The molecule has 0 aliphatic rings. The van der Waals surface area contributed by atoms with Crippen molar-refractivity contribution in [1.29, 1.82) is 0 Å². The van der Waals surface area contributed by atoms with Gasteiger partial charge in [-0.2, -0.15) is 4.98 Å². The molecule has 0 aliphatic carbocycles. The summed E-state index contributed by atoms with van der Waals surface area (Å²) in [5, 5.41) is 2.75. The Balaban J connectivity index is 2.08. The maximum atomic E-state index is 11.7. The summed E-state index contributed by atoms with van der Waals surface area (Å²) in [7, 11) is 0. The molecule has 0 amide bonds. The lowest BCUT2D eigenvalue weighted by atomic mass is 9.87. The van der Waals surface area contributed by atoms with Crippen LogP contribution in [0.3, 0.4) is 0 Å². The molecule has 1 aromatic heterocycles. The Kier molecular flexibility index (Phi) is 3.45. The highest BCUT2D eigenvalue weighted by atomic mass is 16.1. The molecule has 0 fully saturated rings. The van der Waals surface area contributed by atoms with Crippen LogP contribution in [0, 0.1) is 0 Å². The van der Waals surface area contributed by atoms with Crippen LogP contribution in [0.2, 0.25) is 0 Å².